The SMILES string of the molecule is Cc1c(-c2ccccc2)cc([Si](Cl)(c2cc(-c3ccccc3)c(C)c(-c3ccccc3)c2C)c2cc(-c3ccccc3)c(C)c(-c3ccccc3)c2C)c(C)c1-c1ccccc1. The molecule has 0 amide bonds. The van der Waals surface area contributed by atoms with Gasteiger partial charge in [-0.3, -0.25) is 0 Å². The summed E-state index contributed by atoms with van der Waals surface area (Å²) < 4.78 is 0. The Bertz CT molecular complexity index is 2700. The van der Waals surface area contributed by atoms with Gasteiger partial charge in [-0.1, -0.05) is 200 Å². The molecule has 9 aromatic carbocycles. The van der Waals surface area contributed by atoms with Crippen molar-refractivity contribution in [2.24, 2.45) is 0 Å². The maximum atomic E-state index is 9.28. The summed E-state index contributed by atoms with van der Waals surface area (Å²) in [5, 5.41) is 3.62. The molecule has 0 saturated heterocycles. The van der Waals surface area contributed by atoms with Gasteiger partial charge >= 0.3 is 0 Å². The van der Waals surface area contributed by atoms with E-state index in [2.05, 4.69) is 242 Å². The van der Waals surface area contributed by atoms with Gasteiger partial charge in [0.1, 0.15) is 0 Å². The van der Waals surface area contributed by atoms with Crippen molar-refractivity contribution in [2.45, 2.75) is 41.5 Å². The molecule has 0 unspecified atom stereocenters. The van der Waals surface area contributed by atoms with Crippen molar-refractivity contribution in [3.63, 3.8) is 0 Å². The van der Waals surface area contributed by atoms with Crippen LogP contribution < -0.4 is 15.6 Å². The van der Waals surface area contributed by atoms with E-state index < -0.39 is 7.38 Å². The zero-order valence-electron chi connectivity index (χ0n) is 36.4. The second-order valence-corrected chi connectivity index (χ2v) is 21.3. The van der Waals surface area contributed by atoms with Gasteiger partial charge in [0.25, 0.3) is 0 Å². The minimum absolute atomic E-state index is 1.18. The predicted octanol–water partition coefficient (Wildman–Crippen LogP) is 14.7. The van der Waals surface area contributed by atoms with Crippen LogP contribution in [-0.2, 0) is 0 Å². The summed E-state index contributed by atoms with van der Waals surface area (Å²) in [6, 6.07) is 72.8. The lowest BCUT2D eigenvalue weighted by Gasteiger charge is -2.36. The van der Waals surface area contributed by atoms with E-state index in [0.29, 0.717) is 0 Å². The maximum absolute atomic E-state index is 9.28. The molecule has 0 aliphatic heterocycles. The van der Waals surface area contributed by atoms with Crippen LogP contribution in [0.3, 0.4) is 0 Å². The van der Waals surface area contributed by atoms with E-state index in [9.17, 15) is 11.1 Å². The van der Waals surface area contributed by atoms with E-state index in [1.165, 1.54) is 116 Å². The van der Waals surface area contributed by atoms with Crippen molar-refractivity contribution >= 4 is 34.0 Å². The molecule has 0 fully saturated rings. The number of hydrogen-bond donors (Lipinski definition) is 0. The van der Waals surface area contributed by atoms with Gasteiger partial charge in [0.15, 0.2) is 0 Å². The summed E-state index contributed by atoms with van der Waals surface area (Å²) in [6.07, 6.45) is 0. The molecule has 0 atom stereocenters. The van der Waals surface area contributed by atoms with E-state index in [1.807, 2.05) is 0 Å². The molecule has 0 radical (unpaired) electrons. The average molecular weight is 836 g/mol. The number of halogens is 1. The van der Waals surface area contributed by atoms with Crippen LogP contribution in [0.25, 0.3) is 66.8 Å². The molecule has 0 aliphatic rings. The summed E-state index contributed by atoms with van der Waals surface area (Å²) in [5.74, 6) is 0. The van der Waals surface area contributed by atoms with Crippen LogP contribution in [0.15, 0.2) is 200 Å². The van der Waals surface area contributed by atoms with Gasteiger partial charge in [-0.05, 0) is 157 Å². The zero-order valence-corrected chi connectivity index (χ0v) is 38.2. The molecular formula is C60H51ClSi. The summed E-state index contributed by atoms with van der Waals surface area (Å²) in [7, 11) is -3.59. The second kappa shape index (κ2) is 17.1. The molecule has 0 saturated carbocycles. The fourth-order valence-corrected chi connectivity index (χ4v) is 15.7. The maximum Gasteiger partial charge on any atom is 0.248 e. The molecule has 0 aliphatic carbocycles. The standard InChI is InChI=1S/C60H51ClSi/c1-40-52(46-25-13-7-14-26-46)37-55(43(4)58(40)49-31-19-10-20-32-49)62(61,56-38-53(47-27-15-8-16-28-47)41(2)59(44(56)5)50-33-21-11-22-34-50)57-39-54(48-29-17-9-18-30-48)42(3)60(45(57)6)51-35-23-12-24-36-51/h7-39H,1-6H3. The third kappa shape index (κ3) is 7.16. The molecule has 2 heteroatoms. The monoisotopic (exact) mass is 834 g/mol. The lowest BCUT2D eigenvalue weighted by molar-refractivity contribution is 1.37. The molecular weight excluding hydrogens is 784 g/mol. The van der Waals surface area contributed by atoms with Gasteiger partial charge in [0.05, 0.1) is 0 Å². The Kier molecular flexibility index (Phi) is 11.3. The van der Waals surface area contributed by atoms with E-state index >= 15 is 0 Å². The number of rotatable bonds is 9. The van der Waals surface area contributed by atoms with Crippen LogP contribution in [0.4, 0.5) is 0 Å². The molecule has 302 valence electrons. The molecule has 0 bridgehead atoms. The molecule has 0 heterocycles. The van der Waals surface area contributed by atoms with Gasteiger partial charge in [-0.15, -0.1) is 11.1 Å². The molecule has 0 spiro atoms. The lowest BCUT2D eigenvalue weighted by Crippen LogP contribution is -2.65. The van der Waals surface area contributed by atoms with E-state index in [1.54, 1.807) is 0 Å². The molecule has 9 rings (SSSR count). The normalized spacial score (nSPS) is 11.5. The van der Waals surface area contributed by atoms with E-state index in [4.69, 9.17) is 0 Å². The highest BCUT2D eigenvalue weighted by atomic mass is 35.6. The fraction of sp³-hybridized carbons (Fsp3) is 0.100. The van der Waals surface area contributed by atoms with Gasteiger partial charge in [0, 0.05) is 0 Å². The topological polar surface area (TPSA) is 0 Å². The minimum Gasteiger partial charge on any atom is -0.149 e. The lowest BCUT2D eigenvalue weighted by atomic mass is 9.89. The highest BCUT2D eigenvalue weighted by molar-refractivity contribution is 7.41. The first-order valence-corrected chi connectivity index (χ1v) is 24.6. The number of hydrogen-bond acceptors (Lipinski definition) is 0. The van der Waals surface area contributed by atoms with Crippen molar-refractivity contribution in [1.82, 2.24) is 0 Å². The summed E-state index contributed by atoms with van der Waals surface area (Å²) in [4.78, 5) is 0. The quantitative estimate of drug-likeness (QED) is 0.0772. The van der Waals surface area contributed by atoms with Crippen LogP contribution in [0.1, 0.15) is 33.4 Å². The summed E-state index contributed by atoms with van der Waals surface area (Å²) >= 11 is 9.28. The van der Waals surface area contributed by atoms with Gasteiger partial charge in [-0.2, -0.15) is 0 Å². The van der Waals surface area contributed by atoms with Gasteiger partial charge < -0.3 is 0 Å². The second-order valence-electron chi connectivity index (χ2n) is 16.6. The molecule has 9 aromatic rings. The third-order valence-corrected chi connectivity index (χ3v) is 18.7. The molecule has 0 aromatic heterocycles. The van der Waals surface area contributed by atoms with Crippen LogP contribution in [0.5, 0.6) is 0 Å². The fourth-order valence-electron chi connectivity index (χ4n) is 10.1. The van der Waals surface area contributed by atoms with Gasteiger partial charge in [-0.25, -0.2) is 0 Å². The Morgan fingerprint density at radius 3 is 0.661 bits per heavy atom. The molecule has 62 heavy (non-hydrogen) atoms. The summed E-state index contributed by atoms with van der Waals surface area (Å²) in [6.45, 7) is 13.8. The van der Waals surface area contributed by atoms with E-state index in [-0.39, 0.29) is 0 Å². The van der Waals surface area contributed by atoms with Crippen LogP contribution >= 0.6 is 11.1 Å². The Morgan fingerprint density at radius 2 is 0.452 bits per heavy atom. The first-order chi connectivity index (χ1) is 30.2. The van der Waals surface area contributed by atoms with Crippen LogP contribution in [-0.4, -0.2) is 7.38 Å². The Morgan fingerprint density at radius 1 is 0.258 bits per heavy atom. The first kappa shape index (κ1) is 40.9. The Labute approximate surface area is 373 Å². The first-order valence-electron chi connectivity index (χ1n) is 21.6. The number of benzene rings is 9. The third-order valence-electron chi connectivity index (χ3n) is 13.1. The van der Waals surface area contributed by atoms with Crippen molar-refractivity contribution in [2.75, 3.05) is 0 Å². The van der Waals surface area contributed by atoms with Crippen molar-refractivity contribution < 1.29 is 0 Å². The van der Waals surface area contributed by atoms with Gasteiger partial charge in [0.2, 0.25) is 7.38 Å². The van der Waals surface area contributed by atoms with Crippen LogP contribution in [0, 0.1) is 41.5 Å². The molecule has 0 nitrogen and oxygen atoms in total. The predicted molar refractivity (Wildman–Crippen MR) is 271 cm³/mol. The van der Waals surface area contributed by atoms with Crippen molar-refractivity contribution in [3.05, 3.63) is 234 Å². The largest absolute Gasteiger partial charge is 0.248 e. The zero-order chi connectivity index (χ0) is 43.0. The smallest absolute Gasteiger partial charge is 0.149 e. The van der Waals surface area contributed by atoms with Crippen molar-refractivity contribution in [1.29, 1.82) is 0 Å². The summed E-state index contributed by atoms with van der Waals surface area (Å²) in [5.41, 5.74) is 21.9. The highest BCUT2D eigenvalue weighted by Crippen LogP contribution is 2.41. The van der Waals surface area contributed by atoms with E-state index in [0.717, 1.165) is 0 Å². The Balaban J connectivity index is 1.51. The van der Waals surface area contributed by atoms with Crippen molar-refractivity contribution in [3.8, 4) is 66.8 Å². The highest BCUT2D eigenvalue weighted by Gasteiger charge is 2.45. The Hall–Kier alpha value is -6.51. The average Bonchev–Trinajstić information content (AvgIpc) is 3.31. The van der Waals surface area contributed by atoms with Crippen LogP contribution in [0.2, 0.25) is 0 Å². The molecule has 0 N–H and O–H groups in total. The minimum atomic E-state index is -3.59.